The van der Waals surface area contributed by atoms with Crippen molar-refractivity contribution >= 4 is 29.2 Å². The van der Waals surface area contributed by atoms with Gasteiger partial charge in [-0.2, -0.15) is 0 Å². The molecule has 3 saturated heterocycles. The number of nitrogens with one attached hydrogen (secondary N) is 1. The van der Waals surface area contributed by atoms with Gasteiger partial charge in [0.1, 0.15) is 11.6 Å². The van der Waals surface area contributed by atoms with E-state index in [1.54, 1.807) is 6.92 Å². The SMILES string of the molecule is CCOC(=O)[C@@H]1[C@H]2C(=O)N([C@@H](CO)[C@@H](C)CC)[C@H](C(=O)Nc3ccc(N(CC)CC)cc3)[C@]23CC[C@H]1O3. The highest BCUT2D eigenvalue weighted by molar-refractivity contribution is 6.03. The van der Waals surface area contributed by atoms with Crippen molar-refractivity contribution in [2.75, 3.05) is 36.5 Å². The lowest BCUT2D eigenvalue weighted by Crippen LogP contribution is -2.57. The van der Waals surface area contributed by atoms with Gasteiger partial charge < -0.3 is 29.7 Å². The predicted molar refractivity (Wildman–Crippen MR) is 140 cm³/mol. The molecule has 2 amide bonds. The van der Waals surface area contributed by atoms with Gasteiger partial charge in [0.25, 0.3) is 0 Å². The van der Waals surface area contributed by atoms with E-state index >= 15 is 0 Å². The van der Waals surface area contributed by atoms with Crippen LogP contribution in [0.1, 0.15) is 53.9 Å². The van der Waals surface area contributed by atoms with E-state index in [4.69, 9.17) is 9.47 Å². The number of carbonyl (C=O) groups is 3. The van der Waals surface area contributed by atoms with Gasteiger partial charge in [0.05, 0.1) is 37.2 Å². The fourth-order valence-corrected chi connectivity index (χ4v) is 6.62. The minimum Gasteiger partial charge on any atom is -0.466 e. The lowest BCUT2D eigenvalue weighted by Gasteiger charge is -2.38. The van der Waals surface area contributed by atoms with Crippen LogP contribution < -0.4 is 10.2 Å². The summed E-state index contributed by atoms with van der Waals surface area (Å²) in [6.07, 6.45) is 1.35. The van der Waals surface area contributed by atoms with Gasteiger partial charge in [-0.15, -0.1) is 0 Å². The Kier molecular flexibility index (Phi) is 8.14. The molecule has 0 aromatic heterocycles. The molecular formula is C28H41N3O6. The zero-order chi connectivity index (χ0) is 26.9. The van der Waals surface area contributed by atoms with Crippen LogP contribution in [0, 0.1) is 17.8 Å². The quantitative estimate of drug-likeness (QED) is 0.436. The number of hydrogen-bond donors (Lipinski definition) is 2. The van der Waals surface area contributed by atoms with Crippen molar-refractivity contribution in [2.24, 2.45) is 17.8 Å². The van der Waals surface area contributed by atoms with Gasteiger partial charge in [0.15, 0.2) is 0 Å². The number of aliphatic hydroxyl groups excluding tert-OH is 1. The largest absolute Gasteiger partial charge is 0.466 e. The summed E-state index contributed by atoms with van der Waals surface area (Å²) in [5.41, 5.74) is 0.559. The van der Waals surface area contributed by atoms with Crippen LogP contribution in [0.2, 0.25) is 0 Å². The Hall–Kier alpha value is -2.65. The molecule has 1 aromatic rings. The zero-order valence-corrected chi connectivity index (χ0v) is 22.6. The standard InChI is InChI=1S/C28H41N3O6/c1-6-17(5)20(16-32)31-24(25(33)29-18-10-12-19(13-11-18)30(7-2)8-3)28-15-14-21(37-28)22(23(28)26(31)34)27(35)36-9-4/h10-13,17,20-24,32H,6-9,14-16H2,1-5H3,(H,29,33)/t17-,20-,21+,22-,23-,24+,28-/m0/s1. The maximum absolute atomic E-state index is 14.0. The van der Waals surface area contributed by atoms with Crippen molar-refractivity contribution in [3.63, 3.8) is 0 Å². The van der Waals surface area contributed by atoms with Crippen LogP contribution >= 0.6 is 0 Å². The van der Waals surface area contributed by atoms with Gasteiger partial charge in [-0.25, -0.2) is 0 Å². The molecule has 3 fully saturated rings. The number of ether oxygens (including phenoxy) is 2. The number of carbonyl (C=O) groups excluding carboxylic acids is 3. The highest BCUT2D eigenvalue weighted by Gasteiger charge is 2.75. The number of esters is 1. The van der Waals surface area contributed by atoms with E-state index in [-0.39, 0.29) is 30.9 Å². The molecule has 204 valence electrons. The van der Waals surface area contributed by atoms with Gasteiger partial charge >= 0.3 is 5.97 Å². The van der Waals surface area contributed by atoms with Crippen LogP contribution in [0.4, 0.5) is 11.4 Å². The predicted octanol–water partition coefficient (Wildman–Crippen LogP) is 2.82. The van der Waals surface area contributed by atoms with Gasteiger partial charge in [0, 0.05) is 24.5 Å². The summed E-state index contributed by atoms with van der Waals surface area (Å²) in [5.74, 6) is -2.72. The molecular weight excluding hydrogens is 474 g/mol. The second kappa shape index (κ2) is 11.0. The Morgan fingerprint density at radius 2 is 1.89 bits per heavy atom. The summed E-state index contributed by atoms with van der Waals surface area (Å²) < 4.78 is 11.7. The summed E-state index contributed by atoms with van der Waals surface area (Å²) in [4.78, 5) is 44.6. The van der Waals surface area contributed by atoms with E-state index in [1.807, 2.05) is 38.1 Å². The summed E-state index contributed by atoms with van der Waals surface area (Å²) in [6, 6.07) is 6.12. The number of likely N-dealkylation sites (tertiary alicyclic amines) is 1. The molecule has 3 heterocycles. The third kappa shape index (κ3) is 4.50. The third-order valence-electron chi connectivity index (χ3n) is 8.65. The fraction of sp³-hybridized carbons (Fsp3) is 0.679. The first-order chi connectivity index (χ1) is 17.8. The van der Waals surface area contributed by atoms with E-state index in [0.717, 1.165) is 25.2 Å². The third-order valence-corrected chi connectivity index (χ3v) is 8.65. The molecule has 9 nitrogen and oxygen atoms in total. The second-order valence-electron chi connectivity index (χ2n) is 10.4. The number of aliphatic hydroxyl groups is 1. The van der Waals surface area contributed by atoms with Crippen molar-refractivity contribution < 1.29 is 29.0 Å². The Bertz CT molecular complexity index is 996. The molecule has 2 N–H and O–H groups in total. The highest BCUT2D eigenvalue weighted by Crippen LogP contribution is 2.59. The van der Waals surface area contributed by atoms with E-state index < -0.39 is 41.6 Å². The first-order valence-electron chi connectivity index (χ1n) is 13.7. The normalized spacial score (nSPS) is 29.7. The zero-order valence-electron chi connectivity index (χ0n) is 22.6. The van der Waals surface area contributed by atoms with E-state index in [9.17, 15) is 19.5 Å². The average molecular weight is 516 g/mol. The van der Waals surface area contributed by atoms with Gasteiger partial charge in [-0.1, -0.05) is 20.3 Å². The highest BCUT2D eigenvalue weighted by atomic mass is 16.6. The first-order valence-corrected chi connectivity index (χ1v) is 13.7. The first kappa shape index (κ1) is 27.4. The Morgan fingerprint density at radius 3 is 2.46 bits per heavy atom. The van der Waals surface area contributed by atoms with Crippen molar-refractivity contribution in [1.82, 2.24) is 4.90 Å². The Balaban J connectivity index is 1.69. The van der Waals surface area contributed by atoms with Crippen LogP contribution in [-0.4, -0.2) is 77.9 Å². The fourth-order valence-electron chi connectivity index (χ4n) is 6.62. The second-order valence-corrected chi connectivity index (χ2v) is 10.4. The van der Waals surface area contributed by atoms with Crippen LogP contribution in [0.3, 0.4) is 0 Å². The summed E-state index contributed by atoms with van der Waals surface area (Å²) in [6.45, 7) is 11.6. The van der Waals surface area contributed by atoms with Crippen LogP contribution in [0.5, 0.6) is 0 Å². The van der Waals surface area contributed by atoms with Crippen molar-refractivity contribution in [3.05, 3.63) is 24.3 Å². The van der Waals surface area contributed by atoms with E-state index in [2.05, 4.69) is 24.1 Å². The molecule has 0 unspecified atom stereocenters. The maximum atomic E-state index is 14.0. The number of nitrogens with zero attached hydrogens (tertiary/aromatic N) is 2. The van der Waals surface area contributed by atoms with Crippen molar-refractivity contribution in [1.29, 1.82) is 0 Å². The molecule has 7 atom stereocenters. The number of fused-ring (bicyclic) bond motifs is 1. The van der Waals surface area contributed by atoms with Gasteiger partial charge in [-0.05, 0) is 63.8 Å². The molecule has 9 heteroatoms. The number of anilines is 2. The Morgan fingerprint density at radius 1 is 1.22 bits per heavy atom. The molecule has 0 radical (unpaired) electrons. The molecule has 1 aromatic carbocycles. The molecule has 1 spiro atoms. The summed E-state index contributed by atoms with van der Waals surface area (Å²) >= 11 is 0. The monoisotopic (exact) mass is 515 g/mol. The van der Waals surface area contributed by atoms with Crippen molar-refractivity contribution in [3.8, 4) is 0 Å². The lowest BCUT2D eigenvalue weighted by atomic mass is 9.70. The van der Waals surface area contributed by atoms with Crippen molar-refractivity contribution in [2.45, 2.75) is 77.7 Å². The molecule has 4 rings (SSSR count). The molecule has 3 aliphatic heterocycles. The van der Waals surface area contributed by atoms with Gasteiger partial charge in [0.2, 0.25) is 11.8 Å². The molecule has 2 bridgehead atoms. The smallest absolute Gasteiger partial charge is 0.312 e. The number of rotatable bonds is 11. The number of hydrogen-bond acceptors (Lipinski definition) is 7. The lowest BCUT2D eigenvalue weighted by molar-refractivity contribution is -0.155. The molecule has 0 aliphatic carbocycles. The summed E-state index contributed by atoms with van der Waals surface area (Å²) in [5, 5.41) is 13.4. The number of benzene rings is 1. The molecule has 37 heavy (non-hydrogen) atoms. The average Bonchev–Trinajstić information content (AvgIpc) is 3.54. The Labute approximate surface area is 219 Å². The van der Waals surface area contributed by atoms with E-state index in [1.165, 1.54) is 4.90 Å². The van der Waals surface area contributed by atoms with Crippen LogP contribution in [0.25, 0.3) is 0 Å². The minimum absolute atomic E-state index is 0.0499. The van der Waals surface area contributed by atoms with Gasteiger partial charge in [-0.3, -0.25) is 14.4 Å². The summed E-state index contributed by atoms with van der Waals surface area (Å²) in [7, 11) is 0. The van der Waals surface area contributed by atoms with Crippen LogP contribution in [-0.2, 0) is 23.9 Å². The number of amides is 2. The molecule has 0 saturated carbocycles. The minimum atomic E-state index is -1.12. The van der Waals surface area contributed by atoms with E-state index in [0.29, 0.717) is 18.5 Å². The van der Waals surface area contributed by atoms with Crippen LogP contribution in [0.15, 0.2) is 24.3 Å². The topological polar surface area (TPSA) is 108 Å². The maximum Gasteiger partial charge on any atom is 0.312 e. The molecule has 3 aliphatic rings.